The molecule has 0 amide bonds. The van der Waals surface area contributed by atoms with E-state index in [1.807, 2.05) is 6.92 Å². The molecule has 0 aromatic carbocycles. The van der Waals surface area contributed by atoms with Crippen LogP contribution in [0.25, 0.3) is 0 Å². The highest BCUT2D eigenvalue weighted by Crippen LogP contribution is 2.30. The van der Waals surface area contributed by atoms with Gasteiger partial charge in [0.25, 0.3) is 0 Å². The highest BCUT2D eigenvalue weighted by molar-refractivity contribution is 7.89. The molecule has 0 bridgehead atoms. The van der Waals surface area contributed by atoms with Crippen LogP contribution in [-0.2, 0) is 14.8 Å². The molecule has 2 heterocycles. The van der Waals surface area contributed by atoms with Crippen LogP contribution in [0.15, 0.2) is 12.3 Å². The molecule has 7 heteroatoms. The van der Waals surface area contributed by atoms with Crippen LogP contribution in [0.3, 0.4) is 0 Å². The normalized spacial score (nSPS) is 25.3. The van der Waals surface area contributed by atoms with Gasteiger partial charge >= 0.3 is 0 Å². The van der Waals surface area contributed by atoms with Gasteiger partial charge in [-0.1, -0.05) is 12.8 Å². The Labute approximate surface area is 125 Å². The van der Waals surface area contributed by atoms with Gasteiger partial charge in [0, 0.05) is 19.3 Å². The van der Waals surface area contributed by atoms with Gasteiger partial charge in [-0.15, -0.1) is 0 Å². The highest BCUT2D eigenvalue weighted by atomic mass is 32.2. The van der Waals surface area contributed by atoms with E-state index in [-0.39, 0.29) is 11.4 Å². The topological polar surface area (TPSA) is 72.4 Å². The van der Waals surface area contributed by atoms with Crippen LogP contribution in [0.2, 0.25) is 0 Å². The van der Waals surface area contributed by atoms with Crippen LogP contribution in [0.4, 0.5) is 0 Å². The van der Waals surface area contributed by atoms with Gasteiger partial charge in [-0.05, 0) is 25.8 Å². The summed E-state index contributed by atoms with van der Waals surface area (Å²) in [4.78, 5) is 8.42. The van der Waals surface area contributed by atoms with Gasteiger partial charge in [-0.3, -0.25) is 0 Å². The lowest BCUT2D eigenvalue weighted by Gasteiger charge is -2.33. The number of morpholine rings is 1. The first-order valence-electron chi connectivity index (χ1n) is 7.47. The Morgan fingerprint density at radius 2 is 2.10 bits per heavy atom. The van der Waals surface area contributed by atoms with Gasteiger partial charge in [-0.2, -0.15) is 4.31 Å². The fourth-order valence-electron chi connectivity index (χ4n) is 3.09. The van der Waals surface area contributed by atoms with Gasteiger partial charge < -0.3 is 4.74 Å². The minimum absolute atomic E-state index is 0.205. The SMILES string of the molecule is Cc1nccc([C@H]2CN(S(=O)(=O)C3CCCC3)CCO2)n1. The van der Waals surface area contributed by atoms with E-state index in [1.54, 1.807) is 16.6 Å². The Morgan fingerprint density at radius 1 is 1.33 bits per heavy atom. The zero-order valence-corrected chi connectivity index (χ0v) is 13.1. The number of sulfonamides is 1. The summed E-state index contributed by atoms with van der Waals surface area (Å²) in [6.45, 7) is 3.04. The number of aromatic nitrogens is 2. The first-order chi connectivity index (χ1) is 10.1. The largest absolute Gasteiger partial charge is 0.369 e. The van der Waals surface area contributed by atoms with Gasteiger partial charge in [0.1, 0.15) is 11.9 Å². The molecule has 2 aliphatic rings. The smallest absolute Gasteiger partial charge is 0.217 e. The fraction of sp³-hybridized carbons (Fsp3) is 0.714. The average molecular weight is 311 g/mol. The van der Waals surface area contributed by atoms with E-state index < -0.39 is 10.0 Å². The number of ether oxygens (including phenoxy) is 1. The maximum atomic E-state index is 12.7. The number of hydrogen-bond acceptors (Lipinski definition) is 5. The molecule has 2 fully saturated rings. The molecule has 1 saturated carbocycles. The molecular formula is C14H21N3O3S. The summed E-state index contributed by atoms with van der Waals surface area (Å²) < 4.78 is 32.6. The molecule has 6 nitrogen and oxygen atoms in total. The Balaban J connectivity index is 1.76. The van der Waals surface area contributed by atoms with Crippen molar-refractivity contribution in [2.45, 2.75) is 44.0 Å². The second-order valence-electron chi connectivity index (χ2n) is 5.70. The number of nitrogens with zero attached hydrogens (tertiary/aromatic N) is 3. The minimum atomic E-state index is -3.20. The molecule has 0 spiro atoms. The van der Waals surface area contributed by atoms with E-state index in [0.29, 0.717) is 25.5 Å². The van der Waals surface area contributed by atoms with Gasteiger partial charge in [0.15, 0.2) is 0 Å². The van der Waals surface area contributed by atoms with Crippen molar-refractivity contribution in [1.29, 1.82) is 0 Å². The van der Waals surface area contributed by atoms with Gasteiger partial charge in [-0.25, -0.2) is 18.4 Å². The van der Waals surface area contributed by atoms with Crippen molar-refractivity contribution < 1.29 is 13.2 Å². The van der Waals surface area contributed by atoms with Crippen LogP contribution >= 0.6 is 0 Å². The zero-order valence-electron chi connectivity index (χ0n) is 12.2. The highest BCUT2D eigenvalue weighted by Gasteiger charge is 2.37. The molecule has 1 atom stereocenters. The molecule has 1 aliphatic carbocycles. The lowest BCUT2D eigenvalue weighted by molar-refractivity contribution is -0.00536. The van der Waals surface area contributed by atoms with Crippen molar-refractivity contribution in [2.75, 3.05) is 19.7 Å². The van der Waals surface area contributed by atoms with E-state index in [2.05, 4.69) is 9.97 Å². The Bertz CT molecular complexity index is 599. The molecule has 116 valence electrons. The summed E-state index contributed by atoms with van der Waals surface area (Å²) in [7, 11) is -3.20. The maximum absolute atomic E-state index is 12.7. The van der Waals surface area contributed by atoms with Gasteiger partial charge in [0.2, 0.25) is 10.0 Å². The molecule has 0 N–H and O–H groups in total. The van der Waals surface area contributed by atoms with Crippen LogP contribution in [0, 0.1) is 6.92 Å². The second kappa shape index (κ2) is 5.98. The predicted molar refractivity (Wildman–Crippen MR) is 78.2 cm³/mol. The molecule has 21 heavy (non-hydrogen) atoms. The van der Waals surface area contributed by atoms with Crippen LogP contribution < -0.4 is 0 Å². The molecule has 0 unspecified atom stereocenters. The summed E-state index contributed by atoms with van der Waals surface area (Å²) in [6.07, 6.45) is 5.00. The molecule has 0 radical (unpaired) electrons. The summed E-state index contributed by atoms with van der Waals surface area (Å²) in [5, 5.41) is -0.205. The summed E-state index contributed by atoms with van der Waals surface area (Å²) in [6, 6.07) is 1.79. The van der Waals surface area contributed by atoms with E-state index in [0.717, 1.165) is 31.4 Å². The quantitative estimate of drug-likeness (QED) is 0.844. The molecular weight excluding hydrogens is 290 g/mol. The number of hydrogen-bond donors (Lipinski definition) is 0. The van der Waals surface area contributed by atoms with Crippen molar-refractivity contribution in [2.24, 2.45) is 0 Å². The fourth-order valence-corrected chi connectivity index (χ4v) is 5.11. The van der Waals surface area contributed by atoms with E-state index >= 15 is 0 Å². The van der Waals surface area contributed by atoms with Crippen molar-refractivity contribution >= 4 is 10.0 Å². The van der Waals surface area contributed by atoms with Crippen LogP contribution in [-0.4, -0.2) is 47.6 Å². The summed E-state index contributed by atoms with van der Waals surface area (Å²) in [5.74, 6) is 0.673. The average Bonchev–Trinajstić information content (AvgIpc) is 3.02. The summed E-state index contributed by atoms with van der Waals surface area (Å²) >= 11 is 0. The van der Waals surface area contributed by atoms with Gasteiger partial charge in [0.05, 0.1) is 17.6 Å². The third kappa shape index (κ3) is 3.09. The maximum Gasteiger partial charge on any atom is 0.217 e. The van der Waals surface area contributed by atoms with Crippen molar-refractivity contribution in [1.82, 2.24) is 14.3 Å². The predicted octanol–water partition coefficient (Wildman–Crippen LogP) is 1.43. The lowest BCUT2D eigenvalue weighted by Crippen LogP contribution is -2.45. The zero-order chi connectivity index (χ0) is 14.9. The molecule has 1 aromatic rings. The first-order valence-corrected chi connectivity index (χ1v) is 8.98. The second-order valence-corrected chi connectivity index (χ2v) is 7.91. The molecule has 3 rings (SSSR count). The van der Waals surface area contributed by atoms with Crippen molar-refractivity contribution in [3.05, 3.63) is 23.8 Å². The lowest BCUT2D eigenvalue weighted by atomic mass is 10.2. The van der Waals surface area contributed by atoms with E-state index in [9.17, 15) is 8.42 Å². The third-order valence-electron chi connectivity index (χ3n) is 4.24. The van der Waals surface area contributed by atoms with E-state index in [1.165, 1.54) is 0 Å². The standard InChI is InChI=1S/C14H21N3O3S/c1-11-15-7-6-13(16-11)14-10-17(8-9-20-14)21(18,19)12-4-2-3-5-12/h6-7,12,14H,2-5,8-10H2,1H3/t14-/m1/s1. The number of aryl methyl sites for hydroxylation is 1. The summed E-state index contributed by atoms with van der Waals surface area (Å²) in [5.41, 5.74) is 0.758. The molecule has 1 saturated heterocycles. The van der Waals surface area contributed by atoms with Crippen molar-refractivity contribution in [3.63, 3.8) is 0 Å². The van der Waals surface area contributed by atoms with Crippen LogP contribution in [0.5, 0.6) is 0 Å². The Morgan fingerprint density at radius 3 is 2.81 bits per heavy atom. The third-order valence-corrected chi connectivity index (χ3v) is 6.61. The minimum Gasteiger partial charge on any atom is -0.369 e. The number of rotatable bonds is 3. The molecule has 1 aromatic heterocycles. The Hall–Kier alpha value is -1.05. The van der Waals surface area contributed by atoms with Crippen molar-refractivity contribution in [3.8, 4) is 0 Å². The van der Waals surface area contributed by atoms with E-state index in [4.69, 9.17) is 4.74 Å². The van der Waals surface area contributed by atoms with Crippen LogP contribution in [0.1, 0.15) is 43.3 Å². The molecule has 1 aliphatic heterocycles. The Kier molecular flexibility index (Phi) is 4.24. The monoisotopic (exact) mass is 311 g/mol. The first kappa shape index (κ1) is 14.9.